The molecular weight excluding hydrogens is 352 g/mol. The lowest BCUT2D eigenvalue weighted by molar-refractivity contribution is -0.118. The number of rotatable bonds is 6. The maximum atomic E-state index is 11.9. The number of hydrogen-bond donors (Lipinski definition) is 1. The van der Waals surface area contributed by atoms with Gasteiger partial charge in [-0.3, -0.25) is 9.10 Å². The number of hydrogen-bond acceptors (Lipinski definition) is 4. The lowest BCUT2D eigenvalue weighted by atomic mass is 10.3. The van der Waals surface area contributed by atoms with Crippen molar-refractivity contribution in [2.45, 2.75) is 0 Å². The van der Waals surface area contributed by atoms with Gasteiger partial charge in [0.15, 0.2) is 6.61 Å². The highest BCUT2D eigenvalue weighted by atomic mass is 35.5. The van der Waals surface area contributed by atoms with Crippen LogP contribution in [0.15, 0.2) is 48.5 Å². The Morgan fingerprint density at radius 2 is 1.88 bits per heavy atom. The molecule has 1 N–H and O–H groups in total. The van der Waals surface area contributed by atoms with E-state index in [1.807, 2.05) is 0 Å². The standard InChI is InChI=1S/C16H17ClN2O4S/c1-19(24(2,21)22)14-5-3-4-13(10-14)18-16(20)11-23-15-8-6-12(17)7-9-15/h3-10H,11H2,1-2H3,(H,18,20). The number of halogens is 1. The van der Waals surface area contributed by atoms with Gasteiger partial charge in [-0.05, 0) is 42.5 Å². The Bertz CT molecular complexity index is 822. The fraction of sp³-hybridized carbons (Fsp3) is 0.188. The number of anilines is 2. The van der Waals surface area contributed by atoms with E-state index >= 15 is 0 Å². The van der Waals surface area contributed by atoms with Crippen LogP contribution in [0.25, 0.3) is 0 Å². The Kier molecular flexibility index (Phi) is 5.69. The van der Waals surface area contributed by atoms with Crippen molar-refractivity contribution in [3.8, 4) is 5.75 Å². The van der Waals surface area contributed by atoms with Gasteiger partial charge in [0.2, 0.25) is 10.0 Å². The van der Waals surface area contributed by atoms with Crippen LogP contribution < -0.4 is 14.4 Å². The molecule has 0 aliphatic carbocycles. The Morgan fingerprint density at radius 1 is 1.21 bits per heavy atom. The van der Waals surface area contributed by atoms with Crippen molar-refractivity contribution in [2.24, 2.45) is 0 Å². The van der Waals surface area contributed by atoms with E-state index in [0.717, 1.165) is 10.6 Å². The molecule has 0 saturated carbocycles. The molecule has 0 radical (unpaired) electrons. The molecule has 2 rings (SSSR count). The summed E-state index contributed by atoms with van der Waals surface area (Å²) in [5.41, 5.74) is 0.932. The van der Waals surface area contributed by atoms with E-state index in [2.05, 4.69) is 5.32 Å². The molecule has 0 saturated heterocycles. The molecule has 2 aromatic rings. The number of benzene rings is 2. The quantitative estimate of drug-likeness (QED) is 0.850. The third kappa shape index (κ3) is 5.14. The van der Waals surface area contributed by atoms with Gasteiger partial charge in [-0.2, -0.15) is 0 Å². The molecule has 0 spiro atoms. The molecular formula is C16H17ClN2O4S. The topological polar surface area (TPSA) is 75.7 Å². The molecule has 8 heteroatoms. The molecule has 24 heavy (non-hydrogen) atoms. The van der Waals surface area contributed by atoms with Gasteiger partial charge in [-0.25, -0.2) is 8.42 Å². The first kappa shape index (κ1) is 18.1. The normalized spacial score (nSPS) is 11.0. The fourth-order valence-electron chi connectivity index (χ4n) is 1.85. The third-order valence-corrected chi connectivity index (χ3v) is 4.63. The molecule has 0 aliphatic rings. The molecule has 128 valence electrons. The largest absolute Gasteiger partial charge is 0.484 e. The van der Waals surface area contributed by atoms with Crippen LogP contribution in [-0.4, -0.2) is 34.2 Å². The lowest BCUT2D eigenvalue weighted by Gasteiger charge is -2.17. The third-order valence-electron chi connectivity index (χ3n) is 3.17. The summed E-state index contributed by atoms with van der Waals surface area (Å²) in [7, 11) is -1.92. The molecule has 0 aromatic heterocycles. The van der Waals surface area contributed by atoms with Gasteiger partial charge in [0, 0.05) is 17.8 Å². The highest BCUT2D eigenvalue weighted by molar-refractivity contribution is 7.92. The Morgan fingerprint density at radius 3 is 2.50 bits per heavy atom. The highest BCUT2D eigenvalue weighted by Gasteiger charge is 2.12. The first-order chi connectivity index (χ1) is 11.3. The zero-order chi connectivity index (χ0) is 17.7. The maximum Gasteiger partial charge on any atom is 0.262 e. The number of ether oxygens (including phenoxy) is 1. The molecule has 0 atom stereocenters. The summed E-state index contributed by atoms with van der Waals surface area (Å²) in [6.07, 6.45) is 1.11. The summed E-state index contributed by atoms with van der Waals surface area (Å²) < 4.78 is 29.6. The molecule has 1 amide bonds. The van der Waals surface area contributed by atoms with Gasteiger partial charge in [0.1, 0.15) is 5.75 Å². The zero-order valence-electron chi connectivity index (χ0n) is 13.2. The summed E-state index contributed by atoms with van der Waals surface area (Å²) in [5, 5.41) is 3.24. The Balaban J connectivity index is 1.98. The summed E-state index contributed by atoms with van der Waals surface area (Å²) in [5.74, 6) is 0.171. The minimum Gasteiger partial charge on any atom is -0.484 e. The SMILES string of the molecule is CN(c1cccc(NC(=O)COc2ccc(Cl)cc2)c1)S(C)(=O)=O. The van der Waals surface area contributed by atoms with Gasteiger partial charge < -0.3 is 10.1 Å². The number of nitrogens with one attached hydrogen (secondary N) is 1. The van der Waals surface area contributed by atoms with E-state index in [-0.39, 0.29) is 12.5 Å². The Hall–Kier alpha value is -2.25. The molecule has 0 aliphatic heterocycles. The zero-order valence-corrected chi connectivity index (χ0v) is 14.8. The van der Waals surface area contributed by atoms with Crippen LogP contribution in [0.4, 0.5) is 11.4 Å². The van der Waals surface area contributed by atoms with Crippen molar-refractivity contribution < 1.29 is 17.9 Å². The van der Waals surface area contributed by atoms with E-state index < -0.39 is 10.0 Å². The first-order valence-corrected chi connectivity index (χ1v) is 9.20. The number of amides is 1. The van der Waals surface area contributed by atoms with Gasteiger partial charge in [0.25, 0.3) is 5.91 Å². The molecule has 0 bridgehead atoms. The number of sulfonamides is 1. The van der Waals surface area contributed by atoms with Crippen molar-refractivity contribution in [1.29, 1.82) is 0 Å². The second-order valence-corrected chi connectivity index (χ2v) is 7.52. The van der Waals surface area contributed by atoms with Gasteiger partial charge >= 0.3 is 0 Å². The summed E-state index contributed by atoms with van der Waals surface area (Å²) >= 11 is 5.77. The second-order valence-electron chi connectivity index (χ2n) is 5.07. The highest BCUT2D eigenvalue weighted by Crippen LogP contribution is 2.20. The van der Waals surface area contributed by atoms with Gasteiger partial charge in [-0.1, -0.05) is 17.7 Å². The van der Waals surface area contributed by atoms with E-state index in [0.29, 0.717) is 22.1 Å². The van der Waals surface area contributed by atoms with Gasteiger partial charge in [0.05, 0.1) is 11.9 Å². The Labute approximate surface area is 146 Å². The summed E-state index contributed by atoms with van der Waals surface area (Å²) in [6, 6.07) is 13.2. The van der Waals surface area contributed by atoms with Crippen LogP contribution in [0.2, 0.25) is 5.02 Å². The van der Waals surface area contributed by atoms with Gasteiger partial charge in [-0.15, -0.1) is 0 Å². The molecule has 2 aromatic carbocycles. The minimum atomic E-state index is -3.37. The number of carbonyl (C=O) groups is 1. The molecule has 0 fully saturated rings. The predicted octanol–water partition coefficient (Wildman–Crippen LogP) is 2.75. The molecule has 6 nitrogen and oxygen atoms in total. The second kappa shape index (κ2) is 7.55. The van der Waals surface area contributed by atoms with E-state index in [4.69, 9.17) is 16.3 Å². The maximum absolute atomic E-state index is 11.9. The van der Waals surface area contributed by atoms with Crippen LogP contribution in [0.3, 0.4) is 0 Å². The predicted molar refractivity (Wildman–Crippen MR) is 95.3 cm³/mol. The van der Waals surface area contributed by atoms with Crippen molar-refractivity contribution in [2.75, 3.05) is 29.5 Å². The van der Waals surface area contributed by atoms with Crippen LogP contribution >= 0.6 is 11.6 Å². The van der Waals surface area contributed by atoms with E-state index in [1.165, 1.54) is 7.05 Å². The number of nitrogens with zero attached hydrogens (tertiary/aromatic N) is 1. The van der Waals surface area contributed by atoms with Crippen LogP contribution in [0.5, 0.6) is 5.75 Å². The van der Waals surface area contributed by atoms with Crippen molar-refractivity contribution in [1.82, 2.24) is 0 Å². The van der Waals surface area contributed by atoms with Crippen molar-refractivity contribution in [3.63, 3.8) is 0 Å². The minimum absolute atomic E-state index is 0.173. The van der Waals surface area contributed by atoms with Crippen LogP contribution in [0, 0.1) is 0 Å². The lowest BCUT2D eigenvalue weighted by Crippen LogP contribution is -2.25. The van der Waals surface area contributed by atoms with Crippen molar-refractivity contribution >= 4 is 38.9 Å². The van der Waals surface area contributed by atoms with Crippen LogP contribution in [0.1, 0.15) is 0 Å². The van der Waals surface area contributed by atoms with E-state index in [9.17, 15) is 13.2 Å². The molecule has 0 heterocycles. The van der Waals surface area contributed by atoms with E-state index in [1.54, 1.807) is 48.5 Å². The summed E-state index contributed by atoms with van der Waals surface area (Å²) in [6.45, 7) is -0.173. The average Bonchev–Trinajstić information content (AvgIpc) is 2.53. The fourth-order valence-corrected chi connectivity index (χ4v) is 2.47. The molecule has 0 unspecified atom stereocenters. The first-order valence-electron chi connectivity index (χ1n) is 6.98. The smallest absolute Gasteiger partial charge is 0.262 e. The van der Waals surface area contributed by atoms with Crippen LogP contribution in [-0.2, 0) is 14.8 Å². The average molecular weight is 369 g/mol. The monoisotopic (exact) mass is 368 g/mol. The number of carbonyl (C=O) groups excluding carboxylic acids is 1. The summed E-state index contributed by atoms with van der Waals surface area (Å²) in [4.78, 5) is 11.9. The van der Waals surface area contributed by atoms with Crippen molar-refractivity contribution in [3.05, 3.63) is 53.6 Å².